The van der Waals surface area contributed by atoms with Gasteiger partial charge in [0.15, 0.2) is 6.10 Å². The van der Waals surface area contributed by atoms with Crippen LogP contribution in [0.25, 0.3) is 0 Å². The van der Waals surface area contributed by atoms with Crippen LogP contribution in [0.3, 0.4) is 0 Å². The van der Waals surface area contributed by atoms with Gasteiger partial charge in [0, 0.05) is 25.5 Å². The molecular weight excluding hydrogens is 252 g/mol. The van der Waals surface area contributed by atoms with Crippen LogP contribution in [0.1, 0.15) is 12.5 Å². The SMILES string of the molecule is C[C@H](C#N)Oc1ccc(CNCCn2cccn2)cc1. The molecule has 104 valence electrons. The zero-order valence-corrected chi connectivity index (χ0v) is 11.5. The predicted molar refractivity (Wildman–Crippen MR) is 76.1 cm³/mol. The first-order chi connectivity index (χ1) is 9.78. The van der Waals surface area contributed by atoms with E-state index in [0.717, 1.165) is 25.4 Å². The largest absolute Gasteiger partial charge is 0.476 e. The Hall–Kier alpha value is -2.32. The second-order valence-electron chi connectivity index (χ2n) is 4.48. The number of nitrogens with one attached hydrogen (secondary N) is 1. The van der Waals surface area contributed by atoms with Crippen LogP contribution in [0.5, 0.6) is 5.75 Å². The first kappa shape index (κ1) is 14.1. The predicted octanol–water partition coefficient (Wildman–Crippen LogP) is 1.96. The van der Waals surface area contributed by atoms with E-state index in [1.165, 1.54) is 5.56 Å². The molecule has 2 aromatic rings. The molecule has 0 amide bonds. The smallest absolute Gasteiger partial charge is 0.181 e. The Morgan fingerprint density at radius 1 is 1.40 bits per heavy atom. The van der Waals surface area contributed by atoms with Crippen LogP contribution in [0.4, 0.5) is 0 Å². The van der Waals surface area contributed by atoms with Crippen molar-refractivity contribution in [2.45, 2.75) is 26.1 Å². The Balaban J connectivity index is 1.72. The van der Waals surface area contributed by atoms with Crippen molar-refractivity contribution in [2.24, 2.45) is 0 Å². The lowest BCUT2D eigenvalue weighted by atomic mass is 10.2. The molecule has 0 fully saturated rings. The third kappa shape index (κ3) is 4.41. The van der Waals surface area contributed by atoms with E-state index in [2.05, 4.69) is 10.4 Å². The highest BCUT2D eigenvalue weighted by Gasteiger charge is 2.01. The van der Waals surface area contributed by atoms with Crippen molar-refractivity contribution >= 4 is 0 Å². The van der Waals surface area contributed by atoms with Crippen molar-refractivity contribution in [2.75, 3.05) is 6.54 Å². The monoisotopic (exact) mass is 270 g/mol. The maximum atomic E-state index is 8.68. The highest BCUT2D eigenvalue weighted by atomic mass is 16.5. The molecule has 0 spiro atoms. The normalized spacial score (nSPS) is 11.8. The number of ether oxygens (including phenoxy) is 1. The van der Waals surface area contributed by atoms with Crippen LogP contribution >= 0.6 is 0 Å². The van der Waals surface area contributed by atoms with E-state index < -0.39 is 6.10 Å². The summed E-state index contributed by atoms with van der Waals surface area (Å²) in [7, 11) is 0. The number of rotatable bonds is 7. The van der Waals surface area contributed by atoms with Gasteiger partial charge >= 0.3 is 0 Å². The van der Waals surface area contributed by atoms with E-state index in [1.807, 2.05) is 47.3 Å². The van der Waals surface area contributed by atoms with Gasteiger partial charge in [0.2, 0.25) is 0 Å². The van der Waals surface area contributed by atoms with Crippen molar-refractivity contribution in [1.29, 1.82) is 5.26 Å². The van der Waals surface area contributed by atoms with Gasteiger partial charge in [0.25, 0.3) is 0 Å². The van der Waals surface area contributed by atoms with Crippen LogP contribution in [0.2, 0.25) is 0 Å². The molecule has 0 unspecified atom stereocenters. The lowest BCUT2D eigenvalue weighted by molar-refractivity contribution is 0.276. The van der Waals surface area contributed by atoms with Gasteiger partial charge in [-0.3, -0.25) is 4.68 Å². The van der Waals surface area contributed by atoms with E-state index in [9.17, 15) is 0 Å². The summed E-state index contributed by atoms with van der Waals surface area (Å²) in [5, 5.41) is 16.2. The first-order valence-corrected chi connectivity index (χ1v) is 6.61. The van der Waals surface area contributed by atoms with Crippen LogP contribution < -0.4 is 10.1 Å². The molecule has 0 bridgehead atoms. The van der Waals surface area contributed by atoms with Crippen molar-refractivity contribution in [3.05, 3.63) is 48.3 Å². The summed E-state index contributed by atoms with van der Waals surface area (Å²) >= 11 is 0. The molecule has 1 aromatic carbocycles. The second-order valence-corrected chi connectivity index (χ2v) is 4.48. The molecular formula is C15H18N4O. The summed E-state index contributed by atoms with van der Waals surface area (Å²) in [5.41, 5.74) is 1.18. The molecule has 0 aliphatic heterocycles. The molecule has 1 N–H and O–H groups in total. The molecule has 5 nitrogen and oxygen atoms in total. The summed E-state index contributed by atoms with van der Waals surface area (Å²) in [5.74, 6) is 0.722. The molecule has 0 saturated heterocycles. The van der Waals surface area contributed by atoms with Crippen LogP contribution in [-0.2, 0) is 13.1 Å². The zero-order chi connectivity index (χ0) is 14.2. The van der Waals surface area contributed by atoms with Gasteiger partial charge in [-0.25, -0.2) is 0 Å². The summed E-state index contributed by atoms with van der Waals surface area (Å²) in [4.78, 5) is 0. The fraction of sp³-hybridized carbons (Fsp3) is 0.333. The fourth-order valence-electron chi connectivity index (χ4n) is 1.78. The summed E-state index contributed by atoms with van der Waals surface area (Å²) in [6.07, 6.45) is 3.30. The highest BCUT2D eigenvalue weighted by Crippen LogP contribution is 2.13. The van der Waals surface area contributed by atoms with E-state index >= 15 is 0 Å². The molecule has 0 aliphatic rings. The summed E-state index contributed by atoms with van der Waals surface area (Å²) < 4.78 is 7.30. The van der Waals surface area contributed by atoms with Crippen LogP contribution in [0, 0.1) is 11.3 Å². The van der Waals surface area contributed by atoms with Crippen LogP contribution in [-0.4, -0.2) is 22.4 Å². The summed E-state index contributed by atoms with van der Waals surface area (Å²) in [6, 6.07) is 11.7. The molecule has 0 aliphatic carbocycles. The summed E-state index contributed by atoms with van der Waals surface area (Å²) in [6.45, 7) is 4.25. The Morgan fingerprint density at radius 2 is 2.20 bits per heavy atom. The average Bonchev–Trinajstić information content (AvgIpc) is 2.98. The van der Waals surface area contributed by atoms with Crippen molar-refractivity contribution < 1.29 is 4.74 Å². The molecule has 1 heterocycles. The minimum absolute atomic E-state index is 0.423. The van der Waals surface area contributed by atoms with Gasteiger partial charge in [0.1, 0.15) is 11.8 Å². The van der Waals surface area contributed by atoms with Gasteiger partial charge < -0.3 is 10.1 Å². The van der Waals surface area contributed by atoms with Gasteiger partial charge in [-0.15, -0.1) is 0 Å². The van der Waals surface area contributed by atoms with E-state index in [-0.39, 0.29) is 0 Å². The minimum atomic E-state index is -0.423. The molecule has 1 atom stereocenters. The molecule has 20 heavy (non-hydrogen) atoms. The molecule has 2 rings (SSSR count). The van der Waals surface area contributed by atoms with Crippen LogP contribution in [0.15, 0.2) is 42.7 Å². The van der Waals surface area contributed by atoms with Gasteiger partial charge in [-0.2, -0.15) is 10.4 Å². The number of nitrogens with zero attached hydrogens (tertiary/aromatic N) is 3. The van der Waals surface area contributed by atoms with Gasteiger partial charge in [-0.05, 0) is 30.7 Å². The average molecular weight is 270 g/mol. The molecule has 0 radical (unpaired) electrons. The second kappa shape index (κ2) is 7.31. The lowest BCUT2D eigenvalue weighted by Crippen LogP contribution is -2.19. The fourth-order valence-corrected chi connectivity index (χ4v) is 1.78. The zero-order valence-electron chi connectivity index (χ0n) is 11.5. The Bertz CT molecular complexity index is 542. The maximum Gasteiger partial charge on any atom is 0.181 e. The number of hydrogen-bond acceptors (Lipinski definition) is 4. The van der Waals surface area contributed by atoms with E-state index in [0.29, 0.717) is 0 Å². The maximum absolute atomic E-state index is 8.68. The standard InChI is InChI=1S/C15H18N4O/c1-13(11-16)20-15-5-3-14(4-6-15)12-17-8-10-19-9-2-7-18-19/h2-7,9,13,17H,8,10,12H2,1H3/t13-/m1/s1. The van der Waals surface area contributed by atoms with Gasteiger partial charge in [-0.1, -0.05) is 12.1 Å². The number of benzene rings is 1. The minimum Gasteiger partial charge on any atom is -0.476 e. The Morgan fingerprint density at radius 3 is 2.85 bits per heavy atom. The van der Waals surface area contributed by atoms with Crippen molar-refractivity contribution in [3.63, 3.8) is 0 Å². The molecule has 1 aromatic heterocycles. The number of nitriles is 1. The molecule has 0 saturated carbocycles. The lowest BCUT2D eigenvalue weighted by Gasteiger charge is -2.09. The van der Waals surface area contributed by atoms with E-state index in [1.54, 1.807) is 13.1 Å². The van der Waals surface area contributed by atoms with Crippen molar-refractivity contribution in [3.8, 4) is 11.8 Å². The molecule has 5 heteroatoms. The number of hydrogen-bond donors (Lipinski definition) is 1. The highest BCUT2D eigenvalue weighted by molar-refractivity contribution is 5.27. The quantitative estimate of drug-likeness (QED) is 0.781. The van der Waals surface area contributed by atoms with E-state index in [4.69, 9.17) is 10.00 Å². The Labute approximate surface area is 118 Å². The topological polar surface area (TPSA) is 62.9 Å². The van der Waals surface area contributed by atoms with Gasteiger partial charge in [0.05, 0.1) is 6.54 Å². The number of aromatic nitrogens is 2. The Kier molecular flexibility index (Phi) is 5.15. The third-order valence-electron chi connectivity index (χ3n) is 2.82. The third-order valence-corrected chi connectivity index (χ3v) is 2.82. The first-order valence-electron chi connectivity index (χ1n) is 6.61. The van der Waals surface area contributed by atoms with Crippen molar-refractivity contribution in [1.82, 2.24) is 15.1 Å².